The molecule has 1 fully saturated rings. The fourth-order valence-corrected chi connectivity index (χ4v) is 2.76. The van der Waals surface area contributed by atoms with Crippen molar-refractivity contribution in [2.45, 2.75) is 32.2 Å². The van der Waals surface area contributed by atoms with Crippen molar-refractivity contribution >= 4 is 12.2 Å². The summed E-state index contributed by atoms with van der Waals surface area (Å²) in [7, 11) is 1.62. The van der Waals surface area contributed by atoms with Gasteiger partial charge in [-0.15, -0.1) is 5.10 Å². The molecule has 0 spiro atoms. The molecule has 130 valence electrons. The first-order valence-electron chi connectivity index (χ1n) is 7.88. The standard InChI is InChI=1S/C16H21N3O4S/c1-21-13-2-4-14(5-3-13)22-10-15-17-19(16(24)23-15)11-18-8-6-12(20)7-9-18/h2-5,12,20H,6-11H2,1H3. The first-order chi connectivity index (χ1) is 11.6. The van der Waals surface area contributed by atoms with Crippen LogP contribution in [0, 0.1) is 4.84 Å². The van der Waals surface area contributed by atoms with E-state index in [1.54, 1.807) is 11.8 Å². The minimum absolute atomic E-state index is 0.194. The Bertz CT molecular complexity index is 705. The van der Waals surface area contributed by atoms with Gasteiger partial charge in [0.2, 0.25) is 0 Å². The predicted molar refractivity (Wildman–Crippen MR) is 89.5 cm³/mol. The zero-order valence-corrected chi connectivity index (χ0v) is 14.4. The maximum absolute atomic E-state index is 9.55. The van der Waals surface area contributed by atoms with Gasteiger partial charge in [0, 0.05) is 13.1 Å². The SMILES string of the molecule is COc1ccc(OCc2nn(CN3CCC(O)CC3)c(=S)o2)cc1. The summed E-state index contributed by atoms with van der Waals surface area (Å²) in [5.41, 5.74) is 0. The van der Waals surface area contributed by atoms with E-state index in [-0.39, 0.29) is 12.7 Å². The van der Waals surface area contributed by atoms with Gasteiger partial charge in [0.15, 0.2) is 6.61 Å². The zero-order valence-electron chi connectivity index (χ0n) is 13.6. The summed E-state index contributed by atoms with van der Waals surface area (Å²) in [4.78, 5) is 2.52. The quantitative estimate of drug-likeness (QED) is 0.800. The van der Waals surface area contributed by atoms with E-state index in [1.165, 1.54) is 0 Å². The Morgan fingerprint density at radius 1 is 1.25 bits per heavy atom. The number of aliphatic hydroxyl groups is 1. The van der Waals surface area contributed by atoms with Gasteiger partial charge in [0.25, 0.3) is 10.7 Å². The zero-order chi connectivity index (χ0) is 16.9. The van der Waals surface area contributed by atoms with E-state index < -0.39 is 0 Å². The summed E-state index contributed by atoms with van der Waals surface area (Å²) in [5.74, 6) is 1.92. The molecule has 8 heteroatoms. The monoisotopic (exact) mass is 351 g/mol. The average Bonchev–Trinajstić information content (AvgIpc) is 2.95. The Morgan fingerprint density at radius 3 is 2.58 bits per heavy atom. The van der Waals surface area contributed by atoms with Crippen LogP contribution in [0.4, 0.5) is 0 Å². The van der Waals surface area contributed by atoms with Crippen LogP contribution in [0.5, 0.6) is 11.5 Å². The second kappa shape index (κ2) is 7.78. The van der Waals surface area contributed by atoms with Crippen LogP contribution in [0.1, 0.15) is 18.7 Å². The van der Waals surface area contributed by atoms with Crippen molar-refractivity contribution < 1.29 is 19.0 Å². The van der Waals surface area contributed by atoms with Crippen LogP contribution >= 0.6 is 12.2 Å². The number of likely N-dealkylation sites (tertiary alicyclic amines) is 1. The average molecular weight is 351 g/mol. The molecule has 1 saturated heterocycles. The van der Waals surface area contributed by atoms with Crippen molar-refractivity contribution in [3.05, 3.63) is 35.0 Å². The van der Waals surface area contributed by atoms with Gasteiger partial charge in [-0.3, -0.25) is 4.90 Å². The lowest BCUT2D eigenvalue weighted by molar-refractivity contribution is 0.0646. The maximum Gasteiger partial charge on any atom is 0.288 e. The van der Waals surface area contributed by atoms with Crippen molar-refractivity contribution in [2.24, 2.45) is 0 Å². The van der Waals surface area contributed by atoms with Crippen LogP contribution < -0.4 is 9.47 Å². The van der Waals surface area contributed by atoms with Gasteiger partial charge in [0.05, 0.1) is 19.9 Å². The topological polar surface area (TPSA) is 72.9 Å². The largest absolute Gasteiger partial charge is 0.497 e. The highest BCUT2D eigenvalue weighted by Crippen LogP contribution is 2.18. The van der Waals surface area contributed by atoms with Crippen LogP contribution in [0.3, 0.4) is 0 Å². The summed E-state index contributed by atoms with van der Waals surface area (Å²) in [6.45, 7) is 2.43. The molecule has 0 amide bonds. The van der Waals surface area contributed by atoms with Gasteiger partial charge in [-0.05, 0) is 49.3 Å². The smallest absolute Gasteiger partial charge is 0.288 e. The van der Waals surface area contributed by atoms with Crippen LogP contribution in [0.15, 0.2) is 28.7 Å². The van der Waals surface area contributed by atoms with E-state index in [4.69, 9.17) is 26.1 Å². The number of methoxy groups -OCH3 is 1. The molecule has 1 aliphatic rings. The summed E-state index contributed by atoms with van der Waals surface area (Å²) in [6.07, 6.45) is 1.36. The second-order valence-corrected chi connectivity index (χ2v) is 6.07. The fraction of sp³-hybridized carbons (Fsp3) is 0.500. The van der Waals surface area contributed by atoms with Crippen molar-refractivity contribution in [2.75, 3.05) is 20.2 Å². The third kappa shape index (κ3) is 4.34. The molecule has 7 nitrogen and oxygen atoms in total. The van der Waals surface area contributed by atoms with E-state index in [1.807, 2.05) is 24.3 Å². The van der Waals surface area contributed by atoms with Gasteiger partial charge in [-0.1, -0.05) is 0 Å². The van der Waals surface area contributed by atoms with Gasteiger partial charge in [-0.2, -0.15) is 0 Å². The lowest BCUT2D eigenvalue weighted by Crippen LogP contribution is -2.37. The van der Waals surface area contributed by atoms with Crippen LogP contribution in [-0.4, -0.2) is 46.1 Å². The molecular formula is C16H21N3O4S. The van der Waals surface area contributed by atoms with Gasteiger partial charge >= 0.3 is 0 Å². The van der Waals surface area contributed by atoms with E-state index in [2.05, 4.69) is 10.00 Å². The Balaban J connectivity index is 1.56. The number of benzene rings is 1. The highest BCUT2D eigenvalue weighted by molar-refractivity contribution is 7.71. The lowest BCUT2D eigenvalue weighted by atomic mass is 10.1. The highest BCUT2D eigenvalue weighted by atomic mass is 32.1. The summed E-state index contributed by atoms with van der Waals surface area (Å²) < 4.78 is 17.9. The number of rotatable bonds is 6. The van der Waals surface area contributed by atoms with E-state index in [9.17, 15) is 5.11 Å². The number of aliphatic hydroxyl groups excluding tert-OH is 1. The fourth-order valence-electron chi connectivity index (χ4n) is 2.56. The number of hydrogen-bond donors (Lipinski definition) is 1. The predicted octanol–water partition coefficient (Wildman–Crippen LogP) is 2.21. The first kappa shape index (κ1) is 16.9. The van der Waals surface area contributed by atoms with E-state index >= 15 is 0 Å². The molecule has 1 aromatic heterocycles. The molecule has 3 rings (SSSR count). The van der Waals surface area contributed by atoms with Crippen LogP contribution in [-0.2, 0) is 13.3 Å². The van der Waals surface area contributed by atoms with Gasteiger partial charge in [-0.25, -0.2) is 4.68 Å². The van der Waals surface area contributed by atoms with Crippen molar-refractivity contribution in [1.29, 1.82) is 0 Å². The summed E-state index contributed by atoms with van der Waals surface area (Å²) in [6, 6.07) is 7.30. The molecule has 1 aromatic carbocycles. The molecule has 0 radical (unpaired) electrons. The molecular weight excluding hydrogens is 330 g/mol. The van der Waals surface area contributed by atoms with Crippen molar-refractivity contribution in [3.8, 4) is 11.5 Å². The minimum atomic E-state index is -0.194. The molecule has 1 N–H and O–H groups in total. The molecule has 0 saturated carbocycles. The third-order valence-corrected chi connectivity index (χ3v) is 4.26. The number of ether oxygens (including phenoxy) is 2. The third-order valence-electron chi connectivity index (χ3n) is 3.96. The Hall–Kier alpha value is -1.90. The number of hydrogen-bond acceptors (Lipinski definition) is 7. The second-order valence-electron chi connectivity index (χ2n) is 5.72. The van der Waals surface area contributed by atoms with E-state index in [0.717, 1.165) is 31.7 Å². The lowest BCUT2D eigenvalue weighted by Gasteiger charge is -2.28. The normalized spacial score (nSPS) is 16.2. The number of nitrogens with zero attached hydrogens (tertiary/aromatic N) is 3. The van der Waals surface area contributed by atoms with Gasteiger partial charge < -0.3 is 19.0 Å². The Kier molecular flexibility index (Phi) is 5.49. The van der Waals surface area contributed by atoms with Crippen molar-refractivity contribution in [1.82, 2.24) is 14.7 Å². The number of aromatic nitrogens is 2. The molecule has 0 bridgehead atoms. The maximum atomic E-state index is 9.55. The molecule has 0 atom stereocenters. The molecule has 0 aliphatic carbocycles. The van der Waals surface area contributed by atoms with Gasteiger partial charge in [0.1, 0.15) is 11.5 Å². The van der Waals surface area contributed by atoms with Crippen LogP contribution in [0.2, 0.25) is 0 Å². The summed E-state index contributed by atoms with van der Waals surface area (Å²) in [5, 5.41) is 13.9. The molecule has 2 aromatic rings. The number of piperidine rings is 1. The van der Waals surface area contributed by atoms with E-state index in [0.29, 0.717) is 23.1 Å². The van der Waals surface area contributed by atoms with Crippen LogP contribution in [0.25, 0.3) is 0 Å². The first-order valence-corrected chi connectivity index (χ1v) is 8.29. The molecule has 2 heterocycles. The molecule has 24 heavy (non-hydrogen) atoms. The minimum Gasteiger partial charge on any atom is -0.497 e. The Labute approximate surface area is 145 Å². The highest BCUT2D eigenvalue weighted by Gasteiger charge is 2.18. The molecule has 0 unspecified atom stereocenters. The molecule has 1 aliphatic heterocycles. The Morgan fingerprint density at radius 2 is 1.92 bits per heavy atom. The van der Waals surface area contributed by atoms with Crippen molar-refractivity contribution in [3.63, 3.8) is 0 Å². The summed E-state index contributed by atoms with van der Waals surface area (Å²) >= 11 is 5.21.